The van der Waals surface area contributed by atoms with E-state index < -0.39 is 0 Å². The van der Waals surface area contributed by atoms with E-state index in [1.165, 1.54) is 36.8 Å². The topological polar surface area (TPSA) is 41.1 Å². The van der Waals surface area contributed by atoms with Gasteiger partial charge >= 0.3 is 0 Å². The maximum Gasteiger partial charge on any atom is 0.221 e. The van der Waals surface area contributed by atoms with Crippen molar-refractivity contribution in [2.24, 2.45) is 0 Å². The third-order valence-electron chi connectivity index (χ3n) is 4.56. The fourth-order valence-electron chi connectivity index (χ4n) is 3.18. The molecule has 0 spiro atoms. The highest BCUT2D eigenvalue weighted by molar-refractivity contribution is 5.76. The van der Waals surface area contributed by atoms with Crippen LogP contribution in [0.15, 0.2) is 35.9 Å². The van der Waals surface area contributed by atoms with Crippen LogP contribution in [0.1, 0.15) is 64.9 Å². The van der Waals surface area contributed by atoms with E-state index in [9.17, 15) is 4.79 Å². The lowest BCUT2D eigenvalue weighted by Crippen LogP contribution is -2.27. The molecule has 0 saturated heterocycles. The summed E-state index contributed by atoms with van der Waals surface area (Å²) < 4.78 is 0. The van der Waals surface area contributed by atoms with Crippen LogP contribution in [-0.2, 0) is 10.2 Å². The first-order chi connectivity index (χ1) is 11.5. The standard InChI is InChI=1S/C21H32N2O/c1-21(2,3)18-11-7-8-12-19(18)22-16-14-20(24)23-15-13-17-9-5-4-6-10-17/h7-9,11-12,22H,4-6,10,13-16H2,1-3H3,(H,23,24). The summed E-state index contributed by atoms with van der Waals surface area (Å²) in [4.78, 5) is 12.0. The van der Waals surface area contributed by atoms with Crippen molar-refractivity contribution in [3.05, 3.63) is 41.5 Å². The molecule has 0 aromatic heterocycles. The van der Waals surface area contributed by atoms with Crippen molar-refractivity contribution in [3.8, 4) is 0 Å². The number of hydrogen-bond donors (Lipinski definition) is 2. The molecule has 0 fully saturated rings. The maximum atomic E-state index is 12.0. The second kappa shape index (κ2) is 8.91. The predicted molar refractivity (Wildman–Crippen MR) is 102 cm³/mol. The van der Waals surface area contributed by atoms with Crippen LogP contribution < -0.4 is 10.6 Å². The summed E-state index contributed by atoms with van der Waals surface area (Å²) in [6, 6.07) is 8.35. The Kier molecular flexibility index (Phi) is 6.89. The average Bonchev–Trinajstić information content (AvgIpc) is 2.55. The molecule has 0 heterocycles. The van der Waals surface area contributed by atoms with Crippen molar-refractivity contribution in [1.29, 1.82) is 0 Å². The zero-order valence-electron chi connectivity index (χ0n) is 15.5. The van der Waals surface area contributed by atoms with E-state index in [1.807, 2.05) is 6.07 Å². The van der Waals surface area contributed by atoms with Crippen molar-refractivity contribution < 1.29 is 4.79 Å². The Hall–Kier alpha value is -1.77. The number of hydrogen-bond acceptors (Lipinski definition) is 2. The minimum absolute atomic E-state index is 0.0968. The fraction of sp³-hybridized carbons (Fsp3) is 0.571. The summed E-state index contributed by atoms with van der Waals surface area (Å²) in [5.74, 6) is 0.132. The van der Waals surface area contributed by atoms with Gasteiger partial charge in [-0.05, 0) is 49.1 Å². The van der Waals surface area contributed by atoms with E-state index in [0.717, 1.165) is 18.7 Å². The quantitative estimate of drug-likeness (QED) is 0.706. The van der Waals surface area contributed by atoms with Crippen LogP contribution in [0.2, 0.25) is 0 Å². The normalized spacial score (nSPS) is 14.9. The molecule has 1 aromatic carbocycles. The van der Waals surface area contributed by atoms with Crippen molar-refractivity contribution in [2.75, 3.05) is 18.4 Å². The van der Waals surface area contributed by atoms with Crippen LogP contribution in [0.25, 0.3) is 0 Å². The van der Waals surface area contributed by atoms with Gasteiger partial charge in [-0.3, -0.25) is 4.79 Å². The van der Waals surface area contributed by atoms with Gasteiger partial charge in [-0.2, -0.15) is 0 Å². The third-order valence-corrected chi connectivity index (χ3v) is 4.56. The van der Waals surface area contributed by atoms with Gasteiger partial charge in [-0.1, -0.05) is 50.6 Å². The molecule has 2 rings (SSSR count). The molecule has 3 nitrogen and oxygen atoms in total. The minimum atomic E-state index is 0.0968. The highest BCUT2D eigenvalue weighted by Crippen LogP contribution is 2.29. The molecule has 1 amide bonds. The summed E-state index contributed by atoms with van der Waals surface area (Å²) in [5.41, 5.74) is 4.03. The lowest BCUT2D eigenvalue weighted by molar-refractivity contribution is -0.120. The second-order valence-corrected chi connectivity index (χ2v) is 7.68. The van der Waals surface area contributed by atoms with Crippen molar-refractivity contribution in [3.63, 3.8) is 0 Å². The average molecular weight is 329 g/mol. The van der Waals surface area contributed by atoms with Gasteiger partial charge in [-0.15, -0.1) is 0 Å². The summed E-state index contributed by atoms with van der Waals surface area (Å²) in [5, 5.41) is 6.46. The Morgan fingerprint density at radius 2 is 1.92 bits per heavy atom. The SMILES string of the molecule is CC(C)(C)c1ccccc1NCCC(=O)NCCC1=CCCCC1. The smallest absolute Gasteiger partial charge is 0.221 e. The molecule has 0 radical (unpaired) electrons. The fourth-order valence-corrected chi connectivity index (χ4v) is 3.18. The molecular formula is C21H32N2O. The van der Waals surface area contributed by atoms with Crippen LogP contribution >= 0.6 is 0 Å². The van der Waals surface area contributed by atoms with Gasteiger partial charge in [0.25, 0.3) is 0 Å². The van der Waals surface area contributed by atoms with Crippen LogP contribution in [0.4, 0.5) is 5.69 Å². The predicted octanol–water partition coefficient (Wildman–Crippen LogP) is 4.79. The molecule has 1 aliphatic rings. The van der Waals surface area contributed by atoms with Crippen LogP contribution in [0.3, 0.4) is 0 Å². The van der Waals surface area contributed by atoms with E-state index in [0.29, 0.717) is 13.0 Å². The molecular weight excluding hydrogens is 296 g/mol. The molecule has 24 heavy (non-hydrogen) atoms. The number of amides is 1. The summed E-state index contributed by atoms with van der Waals surface area (Å²) in [6.45, 7) is 8.06. The molecule has 1 aromatic rings. The number of nitrogens with one attached hydrogen (secondary N) is 2. The lowest BCUT2D eigenvalue weighted by Gasteiger charge is -2.23. The zero-order chi connectivity index (χ0) is 17.4. The monoisotopic (exact) mass is 328 g/mol. The Morgan fingerprint density at radius 1 is 1.12 bits per heavy atom. The van der Waals surface area contributed by atoms with Gasteiger partial charge in [0.15, 0.2) is 0 Å². The van der Waals surface area contributed by atoms with Crippen LogP contribution in [0, 0.1) is 0 Å². The number of allylic oxidation sites excluding steroid dienone is 1. The second-order valence-electron chi connectivity index (χ2n) is 7.68. The maximum absolute atomic E-state index is 12.0. The van der Waals surface area contributed by atoms with Gasteiger partial charge in [0, 0.05) is 25.2 Å². The Bertz CT molecular complexity index is 569. The Morgan fingerprint density at radius 3 is 2.62 bits per heavy atom. The van der Waals surface area contributed by atoms with E-state index in [1.54, 1.807) is 0 Å². The van der Waals surface area contributed by atoms with Gasteiger partial charge in [-0.25, -0.2) is 0 Å². The van der Waals surface area contributed by atoms with E-state index in [-0.39, 0.29) is 11.3 Å². The third kappa shape index (κ3) is 6.03. The lowest BCUT2D eigenvalue weighted by atomic mass is 9.86. The number of anilines is 1. The molecule has 0 unspecified atom stereocenters. The summed E-state index contributed by atoms with van der Waals surface area (Å²) >= 11 is 0. The number of carbonyl (C=O) groups excluding carboxylic acids is 1. The molecule has 0 saturated carbocycles. The first-order valence-corrected chi connectivity index (χ1v) is 9.25. The largest absolute Gasteiger partial charge is 0.384 e. The van der Waals surface area contributed by atoms with E-state index >= 15 is 0 Å². The van der Waals surface area contributed by atoms with Gasteiger partial charge in [0.1, 0.15) is 0 Å². The minimum Gasteiger partial charge on any atom is -0.384 e. The molecule has 1 aliphatic carbocycles. The van der Waals surface area contributed by atoms with Gasteiger partial charge in [0.05, 0.1) is 0 Å². The molecule has 3 heteroatoms. The zero-order valence-corrected chi connectivity index (χ0v) is 15.5. The van der Waals surface area contributed by atoms with Gasteiger partial charge < -0.3 is 10.6 Å². The highest BCUT2D eigenvalue weighted by Gasteiger charge is 2.17. The number of carbonyl (C=O) groups is 1. The van der Waals surface area contributed by atoms with Gasteiger partial charge in [0.2, 0.25) is 5.91 Å². The molecule has 132 valence electrons. The molecule has 0 aliphatic heterocycles. The van der Waals surface area contributed by atoms with Crippen molar-refractivity contribution >= 4 is 11.6 Å². The molecule has 0 bridgehead atoms. The Labute approximate surface area is 146 Å². The van der Waals surface area contributed by atoms with Crippen molar-refractivity contribution in [1.82, 2.24) is 5.32 Å². The number of benzene rings is 1. The highest BCUT2D eigenvalue weighted by atomic mass is 16.1. The van der Waals surface area contributed by atoms with E-state index in [2.05, 4.69) is 55.7 Å². The Balaban J connectivity index is 1.70. The first-order valence-electron chi connectivity index (χ1n) is 9.25. The van der Waals surface area contributed by atoms with Crippen LogP contribution in [0.5, 0.6) is 0 Å². The first kappa shape index (κ1) is 18.6. The van der Waals surface area contributed by atoms with E-state index in [4.69, 9.17) is 0 Å². The summed E-state index contributed by atoms with van der Waals surface area (Å²) in [6.07, 6.45) is 8.90. The number of para-hydroxylation sites is 1. The summed E-state index contributed by atoms with van der Waals surface area (Å²) in [7, 11) is 0. The molecule has 2 N–H and O–H groups in total. The van der Waals surface area contributed by atoms with Crippen LogP contribution in [-0.4, -0.2) is 19.0 Å². The van der Waals surface area contributed by atoms with Crippen molar-refractivity contribution in [2.45, 2.75) is 64.7 Å². The molecule has 0 atom stereocenters. The number of rotatable bonds is 7.